The summed E-state index contributed by atoms with van der Waals surface area (Å²) in [5.74, 6) is 0. The zero-order chi connectivity index (χ0) is 9.15. The van der Waals surface area contributed by atoms with Crippen molar-refractivity contribution in [2.45, 2.75) is 32.6 Å². The molecule has 0 aromatic heterocycles. The average molecular weight is 183 g/mol. The molecule has 0 aliphatic carbocycles. The van der Waals surface area contributed by atoms with Gasteiger partial charge in [-0.05, 0) is 25.8 Å². The molecule has 0 bridgehead atoms. The maximum absolute atomic E-state index is 5.40. The summed E-state index contributed by atoms with van der Waals surface area (Å²) in [6, 6.07) is 0. The molecular weight excluding hydrogens is 162 g/mol. The van der Waals surface area contributed by atoms with Gasteiger partial charge in [-0.15, -0.1) is 0 Å². The molecule has 2 heterocycles. The molecule has 0 unspecified atom stereocenters. The highest BCUT2D eigenvalue weighted by atomic mass is 16.5. The van der Waals surface area contributed by atoms with Crippen molar-refractivity contribution < 1.29 is 4.74 Å². The molecule has 0 amide bonds. The second kappa shape index (κ2) is 3.97. The van der Waals surface area contributed by atoms with Crippen LogP contribution in [-0.4, -0.2) is 37.7 Å². The minimum Gasteiger partial charge on any atom is -0.381 e. The standard InChI is InChI=1S/C11H21NO/c1-2-3-6-12-9-11(10-12)4-7-13-8-5-11/h2-10H2,1H3. The molecule has 0 aromatic rings. The Morgan fingerprint density at radius 3 is 2.54 bits per heavy atom. The minimum absolute atomic E-state index is 0.673. The minimum atomic E-state index is 0.673. The Morgan fingerprint density at radius 2 is 1.92 bits per heavy atom. The van der Waals surface area contributed by atoms with Crippen LogP contribution < -0.4 is 0 Å². The van der Waals surface area contributed by atoms with Gasteiger partial charge in [-0.3, -0.25) is 0 Å². The smallest absolute Gasteiger partial charge is 0.0472 e. The Bertz CT molecular complexity index is 155. The van der Waals surface area contributed by atoms with Gasteiger partial charge in [-0.25, -0.2) is 0 Å². The average Bonchev–Trinajstić information content (AvgIpc) is 2.13. The molecule has 0 aromatic carbocycles. The fourth-order valence-corrected chi connectivity index (χ4v) is 2.56. The zero-order valence-corrected chi connectivity index (χ0v) is 8.72. The van der Waals surface area contributed by atoms with E-state index in [4.69, 9.17) is 4.74 Å². The zero-order valence-electron chi connectivity index (χ0n) is 8.72. The summed E-state index contributed by atoms with van der Waals surface area (Å²) in [5.41, 5.74) is 0.673. The number of nitrogens with zero attached hydrogens (tertiary/aromatic N) is 1. The van der Waals surface area contributed by atoms with Crippen LogP contribution in [0.3, 0.4) is 0 Å². The van der Waals surface area contributed by atoms with Gasteiger partial charge >= 0.3 is 0 Å². The number of likely N-dealkylation sites (tertiary alicyclic amines) is 1. The van der Waals surface area contributed by atoms with Gasteiger partial charge in [0.15, 0.2) is 0 Å². The quantitative estimate of drug-likeness (QED) is 0.662. The highest BCUT2D eigenvalue weighted by molar-refractivity contribution is 4.95. The van der Waals surface area contributed by atoms with E-state index in [0.717, 1.165) is 13.2 Å². The normalized spacial score (nSPS) is 27.5. The van der Waals surface area contributed by atoms with E-state index >= 15 is 0 Å². The molecule has 0 radical (unpaired) electrons. The van der Waals surface area contributed by atoms with Gasteiger partial charge < -0.3 is 9.64 Å². The molecule has 2 fully saturated rings. The van der Waals surface area contributed by atoms with Crippen molar-refractivity contribution in [2.75, 3.05) is 32.8 Å². The van der Waals surface area contributed by atoms with Gasteiger partial charge in [0.25, 0.3) is 0 Å². The lowest BCUT2D eigenvalue weighted by molar-refractivity contribution is -0.0805. The predicted molar refractivity (Wildman–Crippen MR) is 53.8 cm³/mol. The molecule has 0 N–H and O–H groups in total. The van der Waals surface area contributed by atoms with E-state index in [1.807, 2.05) is 0 Å². The van der Waals surface area contributed by atoms with E-state index in [2.05, 4.69) is 11.8 Å². The highest BCUT2D eigenvalue weighted by Gasteiger charge is 2.42. The first-order chi connectivity index (χ1) is 6.35. The van der Waals surface area contributed by atoms with Crippen molar-refractivity contribution in [2.24, 2.45) is 5.41 Å². The first-order valence-electron chi connectivity index (χ1n) is 5.65. The van der Waals surface area contributed by atoms with Crippen molar-refractivity contribution in [3.8, 4) is 0 Å². The van der Waals surface area contributed by atoms with Crippen LogP contribution in [0.25, 0.3) is 0 Å². The van der Waals surface area contributed by atoms with Crippen molar-refractivity contribution >= 4 is 0 Å². The molecule has 2 nitrogen and oxygen atoms in total. The van der Waals surface area contributed by atoms with Crippen LogP contribution in [0.2, 0.25) is 0 Å². The van der Waals surface area contributed by atoms with Gasteiger partial charge in [0.1, 0.15) is 0 Å². The van der Waals surface area contributed by atoms with E-state index in [-0.39, 0.29) is 0 Å². The first kappa shape index (κ1) is 9.47. The van der Waals surface area contributed by atoms with Crippen LogP contribution in [0.1, 0.15) is 32.6 Å². The van der Waals surface area contributed by atoms with Crippen molar-refractivity contribution in [1.82, 2.24) is 4.90 Å². The third-order valence-corrected chi connectivity index (χ3v) is 3.50. The van der Waals surface area contributed by atoms with Crippen LogP contribution >= 0.6 is 0 Å². The van der Waals surface area contributed by atoms with Gasteiger partial charge in [0, 0.05) is 31.7 Å². The van der Waals surface area contributed by atoms with E-state index in [9.17, 15) is 0 Å². The van der Waals surface area contributed by atoms with Crippen LogP contribution in [0.4, 0.5) is 0 Å². The van der Waals surface area contributed by atoms with Crippen molar-refractivity contribution in [3.05, 3.63) is 0 Å². The fourth-order valence-electron chi connectivity index (χ4n) is 2.56. The first-order valence-corrected chi connectivity index (χ1v) is 5.65. The Morgan fingerprint density at radius 1 is 1.23 bits per heavy atom. The largest absolute Gasteiger partial charge is 0.381 e. The molecular formula is C11H21NO. The fraction of sp³-hybridized carbons (Fsp3) is 1.00. The summed E-state index contributed by atoms with van der Waals surface area (Å²) in [7, 11) is 0. The Kier molecular flexibility index (Phi) is 2.89. The second-order valence-electron chi connectivity index (χ2n) is 4.68. The Balaban J connectivity index is 1.69. The molecule has 2 aliphatic rings. The van der Waals surface area contributed by atoms with E-state index < -0.39 is 0 Å². The number of unbranched alkanes of at least 4 members (excludes halogenated alkanes) is 1. The second-order valence-corrected chi connectivity index (χ2v) is 4.68. The molecule has 2 aliphatic heterocycles. The third kappa shape index (κ3) is 2.05. The lowest BCUT2D eigenvalue weighted by atomic mass is 9.73. The molecule has 2 rings (SSSR count). The summed E-state index contributed by atoms with van der Waals surface area (Å²) in [5, 5.41) is 0. The summed E-state index contributed by atoms with van der Waals surface area (Å²) < 4.78 is 5.40. The SMILES string of the molecule is CCCCN1CC2(CCOCC2)C1. The number of hydrogen-bond acceptors (Lipinski definition) is 2. The molecule has 2 heteroatoms. The number of hydrogen-bond donors (Lipinski definition) is 0. The van der Waals surface area contributed by atoms with E-state index in [0.29, 0.717) is 5.41 Å². The Hall–Kier alpha value is -0.0800. The molecule has 76 valence electrons. The molecule has 0 atom stereocenters. The van der Waals surface area contributed by atoms with E-state index in [1.165, 1.54) is 45.3 Å². The van der Waals surface area contributed by atoms with Crippen LogP contribution in [0, 0.1) is 5.41 Å². The molecule has 0 saturated carbocycles. The van der Waals surface area contributed by atoms with Gasteiger partial charge in [-0.2, -0.15) is 0 Å². The monoisotopic (exact) mass is 183 g/mol. The topological polar surface area (TPSA) is 12.5 Å². The lowest BCUT2D eigenvalue weighted by Crippen LogP contribution is -2.58. The summed E-state index contributed by atoms with van der Waals surface area (Å²) in [4.78, 5) is 2.61. The summed E-state index contributed by atoms with van der Waals surface area (Å²) >= 11 is 0. The van der Waals surface area contributed by atoms with Crippen LogP contribution in [0.15, 0.2) is 0 Å². The maximum atomic E-state index is 5.40. The summed E-state index contributed by atoms with van der Waals surface area (Å²) in [6.45, 7) is 8.28. The van der Waals surface area contributed by atoms with Gasteiger partial charge in [0.05, 0.1) is 0 Å². The van der Waals surface area contributed by atoms with E-state index in [1.54, 1.807) is 0 Å². The van der Waals surface area contributed by atoms with Crippen molar-refractivity contribution in [1.29, 1.82) is 0 Å². The Labute approximate surface area is 81.3 Å². The lowest BCUT2D eigenvalue weighted by Gasteiger charge is -2.52. The number of rotatable bonds is 3. The van der Waals surface area contributed by atoms with Crippen molar-refractivity contribution in [3.63, 3.8) is 0 Å². The van der Waals surface area contributed by atoms with Gasteiger partial charge in [-0.1, -0.05) is 13.3 Å². The molecule has 1 spiro atoms. The predicted octanol–water partition coefficient (Wildman–Crippen LogP) is 1.90. The van der Waals surface area contributed by atoms with Crippen LogP contribution in [0.5, 0.6) is 0 Å². The summed E-state index contributed by atoms with van der Waals surface area (Å²) in [6.07, 6.45) is 5.30. The number of ether oxygens (including phenoxy) is 1. The molecule has 13 heavy (non-hydrogen) atoms. The maximum Gasteiger partial charge on any atom is 0.0472 e. The van der Waals surface area contributed by atoms with Gasteiger partial charge in [0.2, 0.25) is 0 Å². The highest BCUT2D eigenvalue weighted by Crippen LogP contribution is 2.39. The van der Waals surface area contributed by atoms with Crippen LogP contribution in [-0.2, 0) is 4.74 Å². The molecule has 2 saturated heterocycles. The third-order valence-electron chi connectivity index (χ3n) is 3.50.